The van der Waals surface area contributed by atoms with Gasteiger partial charge in [0.2, 0.25) is 5.91 Å². The van der Waals surface area contributed by atoms with Crippen molar-refractivity contribution < 1.29 is 29.3 Å². The predicted molar refractivity (Wildman–Crippen MR) is 164 cm³/mol. The minimum atomic E-state index is -1.91. The molecule has 3 amide bonds. The van der Waals surface area contributed by atoms with Crippen molar-refractivity contribution >= 4 is 40.9 Å². The number of aliphatic hydroxyl groups is 2. The highest BCUT2D eigenvalue weighted by atomic mass is 35.5. The van der Waals surface area contributed by atoms with Crippen LogP contribution in [0, 0.1) is 5.92 Å². The molecule has 224 valence electrons. The lowest BCUT2D eigenvalue weighted by Gasteiger charge is -2.28. The molecule has 2 atom stereocenters. The van der Waals surface area contributed by atoms with Gasteiger partial charge in [-0.05, 0) is 41.5 Å². The summed E-state index contributed by atoms with van der Waals surface area (Å²) in [6.45, 7) is 3.05. The van der Waals surface area contributed by atoms with Crippen LogP contribution in [-0.2, 0) is 33.0 Å². The Morgan fingerprint density at radius 3 is 2.58 bits per heavy atom. The smallest absolute Gasteiger partial charge is 0.414 e. The topological polar surface area (TPSA) is 111 Å². The average Bonchev–Trinajstić information content (AvgIpc) is 3.53. The Morgan fingerprint density at radius 2 is 1.86 bits per heavy atom. The molecular formula is C33H34ClN3O6. The van der Waals surface area contributed by atoms with Crippen LogP contribution >= 0.6 is 11.6 Å². The number of carbonyl (C=O) groups is 3. The molecule has 0 bridgehead atoms. The third-order valence-corrected chi connectivity index (χ3v) is 8.11. The van der Waals surface area contributed by atoms with Crippen molar-refractivity contribution in [3.05, 3.63) is 107 Å². The van der Waals surface area contributed by atoms with Crippen molar-refractivity contribution in [2.75, 3.05) is 36.1 Å². The summed E-state index contributed by atoms with van der Waals surface area (Å²) in [5.41, 5.74) is 1.40. The zero-order valence-corrected chi connectivity index (χ0v) is 24.6. The van der Waals surface area contributed by atoms with E-state index in [0.29, 0.717) is 41.7 Å². The minimum Gasteiger partial charge on any atom is -0.447 e. The van der Waals surface area contributed by atoms with E-state index in [-0.39, 0.29) is 32.0 Å². The zero-order chi connectivity index (χ0) is 30.6. The maximum Gasteiger partial charge on any atom is 0.414 e. The number of hydrogen-bond donors (Lipinski definition) is 2. The van der Waals surface area contributed by atoms with Crippen molar-refractivity contribution in [2.24, 2.45) is 5.92 Å². The van der Waals surface area contributed by atoms with Gasteiger partial charge in [0.15, 0.2) is 5.60 Å². The van der Waals surface area contributed by atoms with Crippen molar-refractivity contribution in [1.82, 2.24) is 4.90 Å². The fraction of sp³-hybridized carbons (Fsp3) is 0.303. The first-order valence-corrected chi connectivity index (χ1v) is 14.6. The normalized spacial score (nSPS) is 18.7. The van der Waals surface area contributed by atoms with Gasteiger partial charge < -0.3 is 24.7 Å². The number of nitrogens with zero attached hydrogens (tertiary/aromatic N) is 3. The van der Waals surface area contributed by atoms with Gasteiger partial charge in [-0.25, -0.2) is 4.79 Å². The molecule has 0 unspecified atom stereocenters. The number of cyclic esters (lactones) is 1. The maximum absolute atomic E-state index is 13.9. The third-order valence-electron chi connectivity index (χ3n) is 7.87. The van der Waals surface area contributed by atoms with Crippen LogP contribution in [0.15, 0.2) is 84.9 Å². The Hall–Kier alpha value is -4.18. The number of rotatable bonds is 11. The number of anilines is 2. The third kappa shape index (κ3) is 6.29. The molecule has 2 heterocycles. The molecule has 3 aromatic rings. The molecule has 9 nitrogen and oxygen atoms in total. The summed E-state index contributed by atoms with van der Waals surface area (Å²) < 4.78 is 5.06. The van der Waals surface area contributed by atoms with E-state index in [1.807, 2.05) is 54.6 Å². The fourth-order valence-corrected chi connectivity index (χ4v) is 5.74. The second-order valence-electron chi connectivity index (χ2n) is 10.7. The van der Waals surface area contributed by atoms with Gasteiger partial charge in [0, 0.05) is 41.7 Å². The average molecular weight is 604 g/mol. The van der Waals surface area contributed by atoms with Crippen molar-refractivity contribution in [3.63, 3.8) is 0 Å². The summed E-state index contributed by atoms with van der Waals surface area (Å²) >= 11 is 6.32. The van der Waals surface area contributed by atoms with Crippen LogP contribution in [0.4, 0.5) is 16.2 Å². The first kappa shape index (κ1) is 30.3. The van der Waals surface area contributed by atoms with E-state index >= 15 is 0 Å². The minimum absolute atomic E-state index is 0.0410. The van der Waals surface area contributed by atoms with Crippen LogP contribution in [0.2, 0.25) is 5.02 Å². The van der Waals surface area contributed by atoms with Crippen LogP contribution in [0.3, 0.4) is 0 Å². The van der Waals surface area contributed by atoms with E-state index in [0.717, 1.165) is 11.1 Å². The number of fused-ring (bicyclic) bond motifs is 1. The monoisotopic (exact) mass is 603 g/mol. The number of benzene rings is 3. The summed E-state index contributed by atoms with van der Waals surface area (Å²) in [5, 5.41) is 21.8. The van der Waals surface area contributed by atoms with Gasteiger partial charge in [0.1, 0.15) is 6.61 Å². The molecule has 2 N–H and O–H groups in total. The van der Waals surface area contributed by atoms with Crippen LogP contribution in [0.5, 0.6) is 0 Å². The highest BCUT2D eigenvalue weighted by Crippen LogP contribution is 2.46. The molecule has 5 rings (SSSR count). The Balaban J connectivity index is 1.34. The van der Waals surface area contributed by atoms with Crippen LogP contribution in [0.1, 0.15) is 30.0 Å². The first-order chi connectivity index (χ1) is 20.7. The number of carbonyl (C=O) groups excluding carboxylic acids is 3. The first-order valence-electron chi connectivity index (χ1n) is 14.2. The fourth-order valence-electron chi connectivity index (χ4n) is 5.57. The molecule has 2 aliphatic heterocycles. The van der Waals surface area contributed by atoms with Crippen molar-refractivity contribution in [3.8, 4) is 0 Å². The Labute approximate surface area is 255 Å². The van der Waals surface area contributed by atoms with Gasteiger partial charge in [-0.1, -0.05) is 73.1 Å². The number of hydrogen-bond acceptors (Lipinski definition) is 6. The van der Waals surface area contributed by atoms with Gasteiger partial charge in [-0.3, -0.25) is 14.5 Å². The Bertz CT molecular complexity index is 1530. The van der Waals surface area contributed by atoms with Gasteiger partial charge >= 0.3 is 6.09 Å². The lowest BCUT2D eigenvalue weighted by Crippen LogP contribution is -2.44. The number of halogens is 1. The molecule has 0 aromatic heterocycles. The standard InChI is InChI=1S/C33H34ClN3O6/c1-23(7-5-12-30(39)35(15-17-38)21-24-8-3-2-4-9-24)33(42)28-20-26(34)13-14-29(28)37(31(33)40)22-25-10-6-11-27(19-25)36-16-18-43-32(36)41/h2-11,13-14,19-20,23,38,42H,12,15-18,21-22H2,1H3/b7-5+/t23-,33+/m1/s1. The molecule has 0 radical (unpaired) electrons. The summed E-state index contributed by atoms with van der Waals surface area (Å²) in [7, 11) is 0. The van der Waals surface area contributed by atoms with E-state index in [9.17, 15) is 24.6 Å². The number of amides is 3. The molecule has 10 heteroatoms. The second kappa shape index (κ2) is 13.0. The summed E-state index contributed by atoms with van der Waals surface area (Å²) in [6, 6.07) is 21.8. The summed E-state index contributed by atoms with van der Waals surface area (Å²) in [5.74, 6) is -1.38. The van der Waals surface area contributed by atoms with E-state index in [1.165, 1.54) is 9.80 Å². The number of aliphatic hydroxyl groups excluding tert-OH is 1. The van der Waals surface area contributed by atoms with Gasteiger partial charge in [0.25, 0.3) is 5.91 Å². The zero-order valence-electron chi connectivity index (χ0n) is 23.9. The lowest BCUT2D eigenvalue weighted by atomic mass is 9.83. The van der Waals surface area contributed by atoms with Crippen LogP contribution in [-0.4, -0.2) is 59.3 Å². The molecule has 0 spiro atoms. The van der Waals surface area contributed by atoms with E-state index in [4.69, 9.17) is 16.3 Å². The van der Waals surface area contributed by atoms with Gasteiger partial charge in [-0.2, -0.15) is 0 Å². The summed E-state index contributed by atoms with van der Waals surface area (Å²) in [4.78, 5) is 43.6. The van der Waals surface area contributed by atoms with Crippen LogP contribution in [0.25, 0.3) is 0 Å². The largest absolute Gasteiger partial charge is 0.447 e. The highest BCUT2D eigenvalue weighted by Gasteiger charge is 2.52. The maximum atomic E-state index is 13.9. The molecule has 2 aliphatic rings. The van der Waals surface area contributed by atoms with E-state index in [1.54, 1.807) is 42.2 Å². The molecule has 3 aromatic carbocycles. The number of ether oxygens (including phenoxy) is 1. The molecule has 1 saturated heterocycles. The second-order valence-corrected chi connectivity index (χ2v) is 11.1. The molecule has 43 heavy (non-hydrogen) atoms. The lowest BCUT2D eigenvalue weighted by molar-refractivity contribution is -0.139. The predicted octanol–water partition coefficient (Wildman–Crippen LogP) is 4.63. The Kier molecular flexibility index (Phi) is 9.15. The quantitative estimate of drug-likeness (QED) is 0.309. The van der Waals surface area contributed by atoms with E-state index in [2.05, 4.69) is 0 Å². The Morgan fingerprint density at radius 1 is 1.09 bits per heavy atom. The molecule has 0 aliphatic carbocycles. The summed E-state index contributed by atoms with van der Waals surface area (Å²) in [6.07, 6.45) is 2.95. The molecule has 1 fully saturated rings. The SMILES string of the molecule is C[C@H](/C=C/CC(=O)N(CCO)Cc1ccccc1)[C@@]1(O)C(=O)N(Cc2cccc(N3CCOC3=O)c2)c2ccc(Cl)cc21. The molecule has 0 saturated carbocycles. The molecular weight excluding hydrogens is 570 g/mol. The van der Waals surface area contributed by atoms with Gasteiger partial charge in [0.05, 0.1) is 25.4 Å². The van der Waals surface area contributed by atoms with Crippen LogP contribution < -0.4 is 9.80 Å². The highest BCUT2D eigenvalue weighted by molar-refractivity contribution is 6.31. The van der Waals surface area contributed by atoms with Gasteiger partial charge in [-0.15, -0.1) is 0 Å². The van der Waals surface area contributed by atoms with E-state index < -0.39 is 23.5 Å². The van der Waals surface area contributed by atoms with Crippen molar-refractivity contribution in [1.29, 1.82) is 0 Å². The van der Waals surface area contributed by atoms with Crippen molar-refractivity contribution in [2.45, 2.75) is 32.0 Å².